The number of nitrogen functional groups attached to an aromatic ring is 1. The summed E-state index contributed by atoms with van der Waals surface area (Å²) in [5.41, 5.74) is 7.66. The van der Waals surface area contributed by atoms with Gasteiger partial charge >= 0.3 is 0 Å². The van der Waals surface area contributed by atoms with E-state index in [9.17, 15) is 10.2 Å². The number of hydrogen-bond donors (Lipinski definition) is 3. The number of anilines is 1. The van der Waals surface area contributed by atoms with Gasteiger partial charge in [0.1, 0.15) is 17.3 Å². The minimum absolute atomic E-state index is 0.0768. The van der Waals surface area contributed by atoms with Crippen molar-refractivity contribution in [3.63, 3.8) is 0 Å². The molecule has 0 saturated carbocycles. The Morgan fingerprint density at radius 2 is 1.87 bits per heavy atom. The van der Waals surface area contributed by atoms with Crippen molar-refractivity contribution in [2.75, 3.05) is 5.73 Å². The van der Waals surface area contributed by atoms with Crippen LogP contribution in [-0.4, -0.2) is 29.8 Å². The molecule has 7 nitrogen and oxygen atoms in total. The average molecular weight is 307 g/mol. The van der Waals surface area contributed by atoms with E-state index in [1.54, 1.807) is 4.52 Å². The van der Waals surface area contributed by atoms with E-state index in [2.05, 4.69) is 15.1 Å². The molecule has 0 aliphatic heterocycles. The summed E-state index contributed by atoms with van der Waals surface area (Å²) in [4.78, 5) is 8.86. The summed E-state index contributed by atoms with van der Waals surface area (Å²) in [7, 11) is 0. The standard InChI is InChI=1S/C16H13N5O2/c17-16-19-15-11-3-1-2-4-12(11)18-14(21(15)20-16)8-9-7-10(22)5-6-13(9)23/h1-7,22-23H,8H2,(H2,17,20). The van der Waals surface area contributed by atoms with Gasteiger partial charge in [-0.1, -0.05) is 12.1 Å². The Kier molecular flexibility index (Phi) is 2.80. The maximum atomic E-state index is 9.98. The second kappa shape index (κ2) is 4.84. The predicted molar refractivity (Wildman–Crippen MR) is 85.3 cm³/mol. The summed E-state index contributed by atoms with van der Waals surface area (Å²) in [6, 6.07) is 11.9. The molecule has 4 N–H and O–H groups in total. The van der Waals surface area contributed by atoms with Gasteiger partial charge in [-0.2, -0.15) is 9.50 Å². The van der Waals surface area contributed by atoms with Crippen LogP contribution in [-0.2, 0) is 6.42 Å². The van der Waals surface area contributed by atoms with E-state index >= 15 is 0 Å². The lowest BCUT2D eigenvalue weighted by Gasteiger charge is -2.08. The molecule has 4 rings (SSSR count). The lowest BCUT2D eigenvalue weighted by molar-refractivity contribution is 0.454. The summed E-state index contributed by atoms with van der Waals surface area (Å²) < 4.78 is 1.57. The molecule has 0 spiro atoms. The van der Waals surface area contributed by atoms with Gasteiger partial charge in [0.15, 0.2) is 5.65 Å². The largest absolute Gasteiger partial charge is 0.508 e. The molecule has 7 heteroatoms. The summed E-state index contributed by atoms with van der Waals surface area (Å²) in [5, 5.41) is 24.6. The highest BCUT2D eigenvalue weighted by Gasteiger charge is 2.14. The van der Waals surface area contributed by atoms with Crippen LogP contribution in [0.25, 0.3) is 16.6 Å². The minimum atomic E-state index is 0.0768. The quantitative estimate of drug-likeness (QED) is 0.488. The van der Waals surface area contributed by atoms with Crippen LogP contribution in [0.3, 0.4) is 0 Å². The number of aromatic nitrogens is 4. The molecule has 0 unspecified atom stereocenters. The van der Waals surface area contributed by atoms with Gasteiger partial charge in [0, 0.05) is 17.4 Å². The molecule has 0 fully saturated rings. The van der Waals surface area contributed by atoms with E-state index in [4.69, 9.17) is 5.73 Å². The number of hydrogen-bond acceptors (Lipinski definition) is 6. The molecule has 0 bridgehead atoms. The Morgan fingerprint density at radius 1 is 1.04 bits per heavy atom. The normalized spacial score (nSPS) is 11.3. The molecule has 0 aliphatic carbocycles. The summed E-state index contributed by atoms with van der Waals surface area (Å²) >= 11 is 0. The molecule has 0 atom stereocenters. The van der Waals surface area contributed by atoms with Gasteiger partial charge in [0.25, 0.3) is 0 Å². The zero-order chi connectivity index (χ0) is 16.0. The van der Waals surface area contributed by atoms with E-state index in [-0.39, 0.29) is 23.9 Å². The van der Waals surface area contributed by atoms with Gasteiger partial charge < -0.3 is 15.9 Å². The predicted octanol–water partition coefficient (Wildman–Crippen LogP) is 1.86. The van der Waals surface area contributed by atoms with Gasteiger partial charge in [-0.05, 0) is 30.3 Å². The highest BCUT2D eigenvalue weighted by molar-refractivity contribution is 5.91. The fourth-order valence-corrected chi connectivity index (χ4v) is 2.63. The van der Waals surface area contributed by atoms with E-state index in [1.165, 1.54) is 18.2 Å². The van der Waals surface area contributed by atoms with E-state index in [1.807, 2.05) is 24.3 Å². The Morgan fingerprint density at radius 3 is 2.74 bits per heavy atom. The number of para-hydroxylation sites is 1. The van der Waals surface area contributed by atoms with Crippen LogP contribution in [0.5, 0.6) is 11.5 Å². The number of phenolic OH excluding ortho intramolecular Hbond substituents is 2. The fraction of sp³-hybridized carbons (Fsp3) is 0.0625. The Balaban J connectivity index is 1.96. The van der Waals surface area contributed by atoms with Crippen molar-refractivity contribution < 1.29 is 10.2 Å². The van der Waals surface area contributed by atoms with E-state index < -0.39 is 0 Å². The number of nitrogens with zero attached hydrogens (tertiary/aromatic N) is 4. The molecule has 0 amide bonds. The van der Waals surface area contributed by atoms with Crippen molar-refractivity contribution in [2.45, 2.75) is 6.42 Å². The smallest absolute Gasteiger partial charge is 0.240 e. The van der Waals surface area contributed by atoms with E-state index in [0.29, 0.717) is 17.0 Å². The van der Waals surface area contributed by atoms with Crippen molar-refractivity contribution >= 4 is 22.5 Å². The molecule has 2 heterocycles. The van der Waals surface area contributed by atoms with Crippen molar-refractivity contribution in [1.29, 1.82) is 0 Å². The van der Waals surface area contributed by atoms with Gasteiger partial charge in [-0.15, -0.1) is 5.10 Å². The molecule has 2 aromatic heterocycles. The van der Waals surface area contributed by atoms with Crippen LogP contribution in [0.2, 0.25) is 0 Å². The molecule has 23 heavy (non-hydrogen) atoms. The maximum Gasteiger partial charge on any atom is 0.240 e. The van der Waals surface area contributed by atoms with Gasteiger partial charge in [0.05, 0.1) is 5.52 Å². The van der Waals surface area contributed by atoms with Crippen molar-refractivity contribution in [3.05, 3.63) is 53.9 Å². The second-order valence-electron chi connectivity index (χ2n) is 5.24. The first-order valence-electron chi connectivity index (χ1n) is 7.02. The first-order chi connectivity index (χ1) is 11.1. The summed E-state index contributed by atoms with van der Waals surface area (Å²) in [6.45, 7) is 0. The molecule has 0 aliphatic rings. The van der Waals surface area contributed by atoms with Gasteiger partial charge in [0.2, 0.25) is 5.95 Å². The van der Waals surface area contributed by atoms with Crippen LogP contribution in [0.15, 0.2) is 42.5 Å². The van der Waals surface area contributed by atoms with Crippen molar-refractivity contribution in [2.24, 2.45) is 0 Å². The summed E-state index contributed by atoms with van der Waals surface area (Å²) in [5.74, 6) is 0.889. The zero-order valence-corrected chi connectivity index (χ0v) is 12.0. The van der Waals surface area contributed by atoms with Gasteiger partial charge in [-0.3, -0.25) is 0 Å². The maximum absolute atomic E-state index is 9.98. The number of nitrogens with two attached hydrogens (primary N) is 1. The molecular weight excluding hydrogens is 294 g/mol. The van der Waals surface area contributed by atoms with E-state index in [0.717, 1.165) is 10.9 Å². The highest BCUT2D eigenvalue weighted by Crippen LogP contribution is 2.26. The lowest BCUT2D eigenvalue weighted by atomic mass is 10.1. The van der Waals surface area contributed by atoms with Crippen LogP contribution in [0.4, 0.5) is 5.95 Å². The van der Waals surface area contributed by atoms with Crippen LogP contribution in [0.1, 0.15) is 11.4 Å². The first-order valence-corrected chi connectivity index (χ1v) is 7.02. The number of benzene rings is 2. The third kappa shape index (κ3) is 2.18. The molecule has 4 aromatic rings. The van der Waals surface area contributed by atoms with Gasteiger partial charge in [-0.25, -0.2) is 4.98 Å². The summed E-state index contributed by atoms with van der Waals surface area (Å²) in [6.07, 6.45) is 0.282. The lowest BCUT2D eigenvalue weighted by Crippen LogP contribution is -2.05. The van der Waals surface area contributed by atoms with Crippen molar-refractivity contribution in [1.82, 2.24) is 19.6 Å². The number of aromatic hydroxyl groups is 2. The topological polar surface area (TPSA) is 110 Å². The average Bonchev–Trinajstić information content (AvgIpc) is 2.93. The first kappa shape index (κ1) is 13.3. The molecule has 0 saturated heterocycles. The fourth-order valence-electron chi connectivity index (χ4n) is 2.63. The SMILES string of the molecule is Nc1nc2c3ccccc3nc(Cc3cc(O)ccc3O)n2n1. The zero-order valence-electron chi connectivity index (χ0n) is 12.0. The monoisotopic (exact) mass is 307 g/mol. The third-order valence-electron chi connectivity index (χ3n) is 3.67. The van der Waals surface area contributed by atoms with Crippen LogP contribution in [0, 0.1) is 0 Å². The van der Waals surface area contributed by atoms with Crippen molar-refractivity contribution in [3.8, 4) is 11.5 Å². The second-order valence-corrected chi connectivity index (χ2v) is 5.24. The Bertz CT molecular complexity index is 1040. The highest BCUT2D eigenvalue weighted by atomic mass is 16.3. The third-order valence-corrected chi connectivity index (χ3v) is 3.67. The Labute approximate surface area is 130 Å². The van der Waals surface area contributed by atoms with Crippen LogP contribution < -0.4 is 5.73 Å². The Hall–Kier alpha value is -3.35. The number of rotatable bonds is 2. The molecule has 114 valence electrons. The number of fused-ring (bicyclic) bond motifs is 3. The molecule has 2 aromatic carbocycles. The molecular formula is C16H13N5O2. The number of phenols is 2. The molecule has 0 radical (unpaired) electrons. The van der Waals surface area contributed by atoms with Crippen LogP contribution >= 0.6 is 0 Å². The minimum Gasteiger partial charge on any atom is -0.508 e.